The summed E-state index contributed by atoms with van der Waals surface area (Å²) in [6.07, 6.45) is 0. The number of rotatable bonds is 0. The predicted molar refractivity (Wildman–Crippen MR) is 57.0 cm³/mol. The van der Waals surface area contributed by atoms with Crippen LogP contribution >= 0.6 is 0 Å². The molecule has 3 heteroatoms. The molecule has 86 valence electrons. The smallest absolute Gasteiger partial charge is 0.318 e. The molecule has 0 spiro atoms. The molecule has 3 nitrogen and oxygen atoms in total. The second kappa shape index (κ2) is 3.32. The zero-order chi connectivity index (χ0) is 12.0. The second-order valence-electron chi connectivity index (χ2n) is 6.43. The topological polar surface area (TPSA) is 43.4 Å². The molecule has 1 heterocycles. The van der Waals surface area contributed by atoms with Gasteiger partial charge in [0, 0.05) is 0 Å². The largest absolute Gasteiger partial charge is 0.393 e. The highest BCUT2D eigenvalue weighted by atomic mass is 16.6. The first-order chi connectivity index (χ1) is 6.55. The van der Waals surface area contributed by atoms with Gasteiger partial charge in [0.25, 0.3) is 0 Å². The lowest BCUT2D eigenvalue weighted by Crippen LogP contribution is -2.38. The van der Waals surface area contributed by atoms with Crippen molar-refractivity contribution in [1.29, 1.82) is 0 Å². The van der Waals surface area contributed by atoms with Crippen LogP contribution in [0, 0.1) is 22.7 Å². The molecule has 0 saturated carbocycles. The fourth-order valence-corrected chi connectivity index (χ4v) is 2.21. The molecule has 0 radical (unpaired) electrons. The summed E-state index contributed by atoms with van der Waals surface area (Å²) in [5, 5.41) is 0. The lowest BCUT2D eigenvalue weighted by atomic mass is 9.65. The maximum Gasteiger partial charge on any atom is 0.318 e. The summed E-state index contributed by atoms with van der Waals surface area (Å²) in [6, 6.07) is 0. The Balaban J connectivity index is 3.12. The van der Waals surface area contributed by atoms with Gasteiger partial charge in [0.05, 0.1) is 11.8 Å². The van der Waals surface area contributed by atoms with Crippen molar-refractivity contribution in [1.82, 2.24) is 0 Å². The Morgan fingerprint density at radius 3 is 1.27 bits per heavy atom. The van der Waals surface area contributed by atoms with E-state index >= 15 is 0 Å². The third-order valence-corrected chi connectivity index (χ3v) is 2.91. The van der Waals surface area contributed by atoms with E-state index < -0.39 is 0 Å². The van der Waals surface area contributed by atoms with Gasteiger partial charge in [0.2, 0.25) is 0 Å². The van der Waals surface area contributed by atoms with Gasteiger partial charge in [-0.3, -0.25) is 9.59 Å². The van der Waals surface area contributed by atoms with E-state index in [2.05, 4.69) is 0 Å². The van der Waals surface area contributed by atoms with Crippen molar-refractivity contribution < 1.29 is 14.3 Å². The van der Waals surface area contributed by atoms with Crippen LogP contribution in [0.4, 0.5) is 0 Å². The number of esters is 2. The molecule has 0 bridgehead atoms. The van der Waals surface area contributed by atoms with Crippen LogP contribution in [-0.2, 0) is 14.3 Å². The molecule has 0 aromatic heterocycles. The Kier molecular flexibility index (Phi) is 2.71. The number of carbonyl (C=O) groups excluding carboxylic acids is 2. The molecule has 1 aliphatic heterocycles. The van der Waals surface area contributed by atoms with E-state index in [1.54, 1.807) is 0 Å². The fraction of sp³-hybridized carbons (Fsp3) is 0.833. The molecule has 15 heavy (non-hydrogen) atoms. The number of cyclic esters (lactones) is 2. The zero-order valence-electron chi connectivity index (χ0n) is 10.4. The fourth-order valence-electron chi connectivity index (χ4n) is 2.21. The number of hydrogen-bond acceptors (Lipinski definition) is 3. The van der Waals surface area contributed by atoms with Gasteiger partial charge in [-0.25, -0.2) is 0 Å². The van der Waals surface area contributed by atoms with E-state index in [0.717, 1.165) is 0 Å². The number of hydrogen-bond donors (Lipinski definition) is 0. The highest BCUT2D eigenvalue weighted by molar-refractivity contribution is 5.97. The first kappa shape index (κ1) is 12.2. The minimum atomic E-state index is -0.368. The van der Waals surface area contributed by atoms with E-state index in [1.165, 1.54) is 0 Å². The van der Waals surface area contributed by atoms with Gasteiger partial charge in [-0.2, -0.15) is 0 Å². The van der Waals surface area contributed by atoms with Crippen molar-refractivity contribution in [3.8, 4) is 0 Å². The van der Waals surface area contributed by atoms with Crippen LogP contribution in [-0.4, -0.2) is 11.9 Å². The molecular weight excluding hydrogens is 192 g/mol. The molecule has 1 rings (SSSR count). The van der Waals surface area contributed by atoms with Crippen molar-refractivity contribution in [3.63, 3.8) is 0 Å². The number of carbonyl (C=O) groups is 2. The van der Waals surface area contributed by atoms with Crippen LogP contribution in [0.5, 0.6) is 0 Å². The Labute approximate surface area is 91.2 Å². The SMILES string of the molecule is CC(C)(C)[C@@H]1C(=O)OC(=O)[C@H]1C(C)(C)C. The standard InChI is InChI=1S/C12H20O3/c1-11(2,3)7-8(12(4,5)6)10(14)15-9(7)13/h7-8H,1-6H3/t7-,8-/m0/s1. The molecule has 0 amide bonds. The Morgan fingerprint density at radius 2 is 1.07 bits per heavy atom. The summed E-state index contributed by atoms with van der Waals surface area (Å²) in [4.78, 5) is 23.3. The first-order valence-electron chi connectivity index (χ1n) is 5.30. The molecule has 0 aliphatic carbocycles. The van der Waals surface area contributed by atoms with Crippen molar-refractivity contribution in [2.75, 3.05) is 0 Å². The zero-order valence-corrected chi connectivity index (χ0v) is 10.4. The molecule has 0 unspecified atom stereocenters. The van der Waals surface area contributed by atoms with Gasteiger partial charge >= 0.3 is 11.9 Å². The quantitative estimate of drug-likeness (QED) is 0.457. The van der Waals surface area contributed by atoms with E-state index in [-0.39, 0.29) is 34.6 Å². The second-order valence-corrected chi connectivity index (χ2v) is 6.43. The Hall–Kier alpha value is -0.860. The Bertz CT molecular complexity index is 261. The summed E-state index contributed by atoms with van der Waals surface area (Å²) >= 11 is 0. The highest BCUT2D eigenvalue weighted by Gasteiger charge is 2.54. The molecule has 1 aliphatic rings. The molecule has 1 fully saturated rings. The van der Waals surface area contributed by atoms with E-state index in [1.807, 2.05) is 41.5 Å². The lowest BCUT2D eigenvalue weighted by molar-refractivity contribution is -0.154. The Morgan fingerprint density at radius 1 is 0.800 bits per heavy atom. The summed E-state index contributed by atoms with van der Waals surface area (Å²) in [6.45, 7) is 11.8. The van der Waals surface area contributed by atoms with Crippen molar-refractivity contribution >= 4 is 11.9 Å². The van der Waals surface area contributed by atoms with E-state index in [0.29, 0.717) is 0 Å². The predicted octanol–water partition coefficient (Wildman–Crippen LogP) is 2.39. The highest BCUT2D eigenvalue weighted by Crippen LogP contribution is 2.46. The van der Waals surface area contributed by atoms with E-state index in [4.69, 9.17) is 4.74 Å². The van der Waals surface area contributed by atoms with Crippen LogP contribution in [0.1, 0.15) is 41.5 Å². The van der Waals surface area contributed by atoms with Crippen molar-refractivity contribution in [2.45, 2.75) is 41.5 Å². The van der Waals surface area contributed by atoms with Gasteiger partial charge < -0.3 is 4.74 Å². The van der Waals surface area contributed by atoms with Crippen molar-refractivity contribution in [2.24, 2.45) is 22.7 Å². The van der Waals surface area contributed by atoms with E-state index in [9.17, 15) is 9.59 Å². The molecule has 0 aromatic carbocycles. The van der Waals surface area contributed by atoms with Gasteiger partial charge in [-0.05, 0) is 10.8 Å². The van der Waals surface area contributed by atoms with Crippen LogP contribution in [0.3, 0.4) is 0 Å². The summed E-state index contributed by atoms with van der Waals surface area (Å²) in [5.74, 6) is -1.39. The van der Waals surface area contributed by atoms with Crippen LogP contribution in [0.2, 0.25) is 0 Å². The lowest BCUT2D eigenvalue weighted by Gasteiger charge is -2.34. The van der Waals surface area contributed by atoms with Crippen LogP contribution < -0.4 is 0 Å². The van der Waals surface area contributed by atoms with Crippen LogP contribution in [0.25, 0.3) is 0 Å². The minimum Gasteiger partial charge on any atom is -0.393 e. The summed E-state index contributed by atoms with van der Waals surface area (Å²) in [5.41, 5.74) is -0.470. The number of ether oxygens (including phenoxy) is 1. The molecule has 1 saturated heterocycles. The maximum absolute atomic E-state index is 11.6. The maximum atomic E-state index is 11.6. The monoisotopic (exact) mass is 212 g/mol. The molecule has 0 aromatic rings. The molecule has 2 atom stereocenters. The molecular formula is C12H20O3. The average molecular weight is 212 g/mol. The van der Waals surface area contributed by atoms with Gasteiger partial charge in [0.1, 0.15) is 0 Å². The summed E-state index contributed by atoms with van der Waals surface area (Å²) < 4.78 is 4.76. The van der Waals surface area contributed by atoms with Gasteiger partial charge in [-0.1, -0.05) is 41.5 Å². The minimum absolute atomic E-state index is 0.235. The molecule has 0 N–H and O–H groups in total. The average Bonchev–Trinajstić information content (AvgIpc) is 2.22. The van der Waals surface area contributed by atoms with Crippen molar-refractivity contribution in [3.05, 3.63) is 0 Å². The third-order valence-electron chi connectivity index (χ3n) is 2.91. The summed E-state index contributed by atoms with van der Waals surface area (Å²) in [7, 11) is 0. The normalized spacial score (nSPS) is 28.1. The van der Waals surface area contributed by atoms with Gasteiger partial charge in [-0.15, -0.1) is 0 Å². The first-order valence-corrected chi connectivity index (χ1v) is 5.30. The van der Waals surface area contributed by atoms with Crippen LogP contribution in [0.15, 0.2) is 0 Å². The van der Waals surface area contributed by atoms with Gasteiger partial charge in [0.15, 0.2) is 0 Å². The third kappa shape index (κ3) is 2.21.